The standard InChI is InChI=1S/C11H17FN2/c1-8-4-5-9(7-14-8)10(12)6-11(2,3)13/h4-5,7,10H,6,13H2,1-3H3. The molecule has 1 rings (SSSR count). The van der Waals surface area contributed by atoms with Gasteiger partial charge in [-0.2, -0.15) is 0 Å². The Morgan fingerprint density at radius 1 is 1.50 bits per heavy atom. The van der Waals surface area contributed by atoms with E-state index in [4.69, 9.17) is 5.73 Å². The van der Waals surface area contributed by atoms with E-state index in [1.54, 1.807) is 12.3 Å². The van der Waals surface area contributed by atoms with E-state index < -0.39 is 11.7 Å². The Kier molecular flexibility index (Phi) is 3.21. The van der Waals surface area contributed by atoms with Crippen LogP contribution < -0.4 is 5.73 Å². The van der Waals surface area contributed by atoms with Gasteiger partial charge in [0.25, 0.3) is 0 Å². The summed E-state index contributed by atoms with van der Waals surface area (Å²) in [5.74, 6) is 0. The third-order valence-corrected chi connectivity index (χ3v) is 2.00. The van der Waals surface area contributed by atoms with Gasteiger partial charge in [0.1, 0.15) is 6.17 Å². The van der Waals surface area contributed by atoms with Crippen molar-refractivity contribution in [1.29, 1.82) is 0 Å². The number of aryl methyl sites for hydroxylation is 1. The molecule has 3 heteroatoms. The van der Waals surface area contributed by atoms with Crippen molar-refractivity contribution >= 4 is 0 Å². The summed E-state index contributed by atoms with van der Waals surface area (Å²) in [5, 5.41) is 0. The van der Waals surface area contributed by atoms with Crippen LogP contribution in [0.2, 0.25) is 0 Å². The van der Waals surface area contributed by atoms with E-state index in [-0.39, 0.29) is 0 Å². The Morgan fingerprint density at radius 3 is 2.57 bits per heavy atom. The molecular formula is C11H17FN2. The zero-order chi connectivity index (χ0) is 10.8. The Morgan fingerprint density at radius 2 is 2.14 bits per heavy atom. The van der Waals surface area contributed by atoms with Crippen LogP contribution >= 0.6 is 0 Å². The number of pyridine rings is 1. The lowest BCUT2D eigenvalue weighted by Crippen LogP contribution is -2.33. The van der Waals surface area contributed by atoms with Crippen molar-refractivity contribution in [1.82, 2.24) is 4.98 Å². The van der Waals surface area contributed by atoms with Gasteiger partial charge in [-0.3, -0.25) is 4.98 Å². The van der Waals surface area contributed by atoms with Crippen molar-refractivity contribution in [2.45, 2.75) is 38.9 Å². The van der Waals surface area contributed by atoms with Crippen molar-refractivity contribution in [3.63, 3.8) is 0 Å². The number of hydrogen-bond acceptors (Lipinski definition) is 2. The van der Waals surface area contributed by atoms with E-state index in [1.165, 1.54) is 0 Å². The number of alkyl halides is 1. The number of halogens is 1. The molecule has 1 heterocycles. The summed E-state index contributed by atoms with van der Waals surface area (Å²) in [6.07, 6.45) is 0.867. The van der Waals surface area contributed by atoms with Gasteiger partial charge < -0.3 is 5.73 Å². The first-order valence-electron chi connectivity index (χ1n) is 4.74. The predicted octanol–water partition coefficient (Wildman–Crippen LogP) is 2.53. The fraction of sp³-hybridized carbons (Fsp3) is 0.545. The topological polar surface area (TPSA) is 38.9 Å². The summed E-state index contributed by atoms with van der Waals surface area (Å²) < 4.78 is 13.6. The number of aromatic nitrogens is 1. The molecule has 1 aromatic rings. The highest BCUT2D eigenvalue weighted by Gasteiger charge is 2.19. The maximum atomic E-state index is 13.6. The molecule has 0 saturated heterocycles. The second-order valence-corrected chi connectivity index (χ2v) is 4.39. The monoisotopic (exact) mass is 196 g/mol. The van der Waals surface area contributed by atoms with Crippen LogP contribution in [0.25, 0.3) is 0 Å². The average Bonchev–Trinajstić information content (AvgIpc) is 2.02. The summed E-state index contributed by atoms with van der Waals surface area (Å²) in [6.45, 7) is 5.52. The van der Waals surface area contributed by atoms with Crippen LogP contribution in [0.5, 0.6) is 0 Å². The van der Waals surface area contributed by atoms with E-state index in [1.807, 2.05) is 26.8 Å². The van der Waals surface area contributed by atoms with Crippen molar-refractivity contribution in [2.24, 2.45) is 5.73 Å². The van der Waals surface area contributed by atoms with Crippen molar-refractivity contribution < 1.29 is 4.39 Å². The molecule has 0 aliphatic carbocycles. The van der Waals surface area contributed by atoms with Gasteiger partial charge in [0.15, 0.2) is 0 Å². The van der Waals surface area contributed by atoms with E-state index in [0.29, 0.717) is 12.0 Å². The van der Waals surface area contributed by atoms with Crippen molar-refractivity contribution in [3.8, 4) is 0 Å². The fourth-order valence-corrected chi connectivity index (χ4v) is 1.24. The maximum absolute atomic E-state index is 13.6. The molecule has 0 bridgehead atoms. The van der Waals surface area contributed by atoms with Crippen LogP contribution in [0.3, 0.4) is 0 Å². The minimum absolute atomic E-state index is 0.317. The highest BCUT2D eigenvalue weighted by atomic mass is 19.1. The number of nitrogens with zero attached hydrogens (tertiary/aromatic N) is 1. The molecule has 14 heavy (non-hydrogen) atoms. The molecule has 0 amide bonds. The lowest BCUT2D eigenvalue weighted by atomic mass is 9.96. The van der Waals surface area contributed by atoms with Gasteiger partial charge in [0, 0.05) is 29.4 Å². The van der Waals surface area contributed by atoms with Gasteiger partial charge >= 0.3 is 0 Å². The Labute approximate surface area is 84.3 Å². The predicted molar refractivity (Wildman–Crippen MR) is 55.7 cm³/mol. The normalized spacial score (nSPS) is 14.1. The first kappa shape index (κ1) is 11.1. The third kappa shape index (κ3) is 3.42. The molecule has 2 nitrogen and oxygen atoms in total. The van der Waals surface area contributed by atoms with E-state index in [9.17, 15) is 4.39 Å². The molecule has 0 spiro atoms. The van der Waals surface area contributed by atoms with Crippen LogP contribution in [-0.4, -0.2) is 10.5 Å². The zero-order valence-electron chi connectivity index (χ0n) is 8.92. The van der Waals surface area contributed by atoms with E-state index >= 15 is 0 Å². The van der Waals surface area contributed by atoms with Gasteiger partial charge in [0.2, 0.25) is 0 Å². The lowest BCUT2D eigenvalue weighted by Gasteiger charge is -2.20. The SMILES string of the molecule is Cc1ccc(C(F)CC(C)(C)N)cn1. The molecule has 0 fully saturated rings. The first-order valence-corrected chi connectivity index (χ1v) is 4.74. The second-order valence-electron chi connectivity index (χ2n) is 4.39. The smallest absolute Gasteiger partial charge is 0.128 e. The molecule has 0 aromatic carbocycles. The molecular weight excluding hydrogens is 179 g/mol. The molecule has 1 unspecified atom stereocenters. The zero-order valence-corrected chi connectivity index (χ0v) is 8.92. The summed E-state index contributed by atoms with van der Waals surface area (Å²) in [6, 6.07) is 3.57. The highest BCUT2D eigenvalue weighted by molar-refractivity contribution is 5.16. The molecule has 0 saturated carbocycles. The van der Waals surface area contributed by atoms with Crippen LogP contribution in [-0.2, 0) is 0 Å². The summed E-state index contributed by atoms with van der Waals surface area (Å²) in [7, 11) is 0. The average molecular weight is 196 g/mol. The van der Waals surface area contributed by atoms with Crippen molar-refractivity contribution in [2.75, 3.05) is 0 Å². The van der Waals surface area contributed by atoms with Gasteiger partial charge in [-0.15, -0.1) is 0 Å². The van der Waals surface area contributed by atoms with E-state index in [2.05, 4.69) is 4.98 Å². The maximum Gasteiger partial charge on any atom is 0.128 e. The highest BCUT2D eigenvalue weighted by Crippen LogP contribution is 2.25. The molecule has 1 aromatic heterocycles. The number of nitrogens with two attached hydrogens (primary N) is 1. The molecule has 0 radical (unpaired) electrons. The lowest BCUT2D eigenvalue weighted by molar-refractivity contribution is 0.267. The van der Waals surface area contributed by atoms with Crippen LogP contribution in [0.15, 0.2) is 18.3 Å². The minimum atomic E-state index is -1.02. The summed E-state index contributed by atoms with van der Waals surface area (Å²) in [4.78, 5) is 4.05. The van der Waals surface area contributed by atoms with Crippen LogP contribution in [0, 0.1) is 6.92 Å². The van der Waals surface area contributed by atoms with Crippen LogP contribution in [0.4, 0.5) is 4.39 Å². The number of hydrogen-bond donors (Lipinski definition) is 1. The second kappa shape index (κ2) is 4.05. The molecule has 1 atom stereocenters. The largest absolute Gasteiger partial charge is 0.325 e. The summed E-state index contributed by atoms with van der Waals surface area (Å²) in [5.41, 5.74) is 6.76. The third-order valence-electron chi connectivity index (χ3n) is 2.00. The molecule has 0 aliphatic rings. The Balaban J connectivity index is 2.70. The Bertz CT molecular complexity index is 287. The quantitative estimate of drug-likeness (QED) is 0.806. The molecule has 0 aliphatic heterocycles. The minimum Gasteiger partial charge on any atom is -0.325 e. The van der Waals surface area contributed by atoms with Crippen LogP contribution in [0.1, 0.15) is 37.7 Å². The van der Waals surface area contributed by atoms with E-state index in [0.717, 1.165) is 5.69 Å². The Hall–Kier alpha value is -0.960. The number of rotatable bonds is 3. The molecule has 2 N–H and O–H groups in total. The van der Waals surface area contributed by atoms with Gasteiger partial charge in [-0.05, 0) is 26.8 Å². The van der Waals surface area contributed by atoms with Gasteiger partial charge in [0.05, 0.1) is 0 Å². The van der Waals surface area contributed by atoms with Crippen molar-refractivity contribution in [3.05, 3.63) is 29.6 Å². The first-order chi connectivity index (χ1) is 6.38. The fourth-order valence-electron chi connectivity index (χ4n) is 1.24. The molecule has 78 valence electrons. The van der Waals surface area contributed by atoms with Gasteiger partial charge in [-0.25, -0.2) is 4.39 Å². The summed E-state index contributed by atoms with van der Waals surface area (Å²) >= 11 is 0. The van der Waals surface area contributed by atoms with Gasteiger partial charge in [-0.1, -0.05) is 6.07 Å².